The lowest BCUT2D eigenvalue weighted by Crippen LogP contribution is -2.40. The number of benzene rings is 1. The molecule has 4 aliphatic rings. The zero-order valence-electron chi connectivity index (χ0n) is 30.4. The third kappa shape index (κ3) is 5.82. The van der Waals surface area contributed by atoms with Gasteiger partial charge in [0.1, 0.15) is 0 Å². The summed E-state index contributed by atoms with van der Waals surface area (Å²) in [5.74, 6) is -2.57. The van der Waals surface area contributed by atoms with E-state index in [0.29, 0.717) is 79.8 Å². The number of fused-ring (bicyclic) bond motifs is 8. The van der Waals surface area contributed by atoms with Crippen LogP contribution in [-0.2, 0) is 23.7 Å². The number of amides is 2. The summed E-state index contributed by atoms with van der Waals surface area (Å²) < 4.78 is 82.9. The Morgan fingerprint density at radius 1 is 0.759 bits per heavy atom. The normalized spacial score (nSPS) is 18.2. The van der Waals surface area contributed by atoms with Crippen molar-refractivity contribution >= 4 is 50.9 Å². The molecule has 7 rings (SSSR count). The molecule has 1 unspecified atom stereocenters. The highest BCUT2D eigenvalue weighted by Crippen LogP contribution is 2.43. The summed E-state index contributed by atoms with van der Waals surface area (Å²) in [7, 11) is 0. The van der Waals surface area contributed by atoms with Gasteiger partial charge >= 0.3 is 12.4 Å². The highest BCUT2D eigenvalue weighted by atomic mass is 19.4. The predicted octanol–water partition coefficient (Wildman–Crippen LogP) is 9.95. The summed E-state index contributed by atoms with van der Waals surface area (Å²) in [6.07, 6.45) is -9.67. The first-order valence-corrected chi connectivity index (χ1v) is 17.3. The fourth-order valence-electron chi connectivity index (χ4n) is 7.75. The van der Waals surface area contributed by atoms with Crippen LogP contribution in [0.3, 0.4) is 0 Å². The molecule has 1 aromatic carbocycles. The quantitative estimate of drug-likeness (QED) is 0.204. The van der Waals surface area contributed by atoms with Gasteiger partial charge in [-0.15, -0.1) is 0 Å². The molecule has 2 atom stereocenters. The van der Waals surface area contributed by atoms with E-state index in [4.69, 9.17) is 9.97 Å². The third-order valence-corrected chi connectivity index (χ3v) is 10.9. The van der Waals surface area contributed by atoms with Crippen LogP contribution in [0.5, 0.6) is 0 Å². The minimum absolute atomic E-state index is 0.00241. The molecule has 0 spiro atoms. The van der Waals surface area contributed by atoms with E-state index < -0.39 is 47.4 Å². The predicted molar refractivity (Wildman–Crippen MR) is 190 cm³/mol. The maximum atomic E-state index is 14.6. The molecule has 8 nitrogen and oxygen atoms in total. The molecule has 2 N–H and O–H groups in total. The minimum Gasteiger partial charge on any atom is -0.361 e. The zero-order valence-corrected chi connectivity index (χ0v) is 30.4. The number of rotatable bonds is 4. The standard InChI is InChI=1S/C40H35F6N5O3/c1-8-25-18(4)27-14-31-32(21(7)52)19(5)28(48-31)12-26-16(2)17(3)35(49-26)34-36-33(20(6)29(50-36)13-30(25)47-27)37(53)51(38(34)54)15-22-9-23(39(41,42)43)11-24(10-22)40(44,45)46/h9-14,16-17,49-50H,8,15H2,1-7H3/t16-,17?/m0/s1. The fraction of sp³-hybridized carbons (Fsp3) is 0.325. The maximum Gasteiger partial charge on any atom is 0.416 e. The van der Waals surface area contributed by atoms with Gasteiger partial charge in [-0.25, -0.2) is 9.97 Å². The number of Topliss-reactive ketones (excluding diaryl/α,β-unsaturated/α-hetero) is 1. The van der Waals surface area contributed by atoms with Crippen LogP contribution in [0.2, 0.25) is 0 Å². The summed E-state index contributed by atoms with van der Waals surface area (Å²) in [4.78, 5) is 58.9. The van der Waals surface area contributed by atoms with Gasteiger partial charge in [-0.2, -0.15) is 26.3 Å². The van der Waals surface area contributed by atoms with E-state index in [9.17, 15) is 40.7 Å². The number of alkyl halides is 6. The van der Waals surface area contributed by atoms with Crippen molar-refractivity contribution < 1.29 is 40.7 Å². The van der Waals surface area contributed by atoms with E-state index in [1.54, 1.807) is 32.0 Å². The van der Waals surface area contributed by atoms with Crippen LogP contribution in [0.25, 0.3) is 33.3 Å². The number of carbonyl (C=O) groups excluding carboxylic acids is 3. The SMILES string of the molecule is CCC1=C(C)c2cc3nc(cc4[nH]c(c5c6[nH]c(cc1n2)c(C)c6C(=O)N(Cc1cc(C(F)(F)F)cc(C(F)(F)F)c1)C5=O)C(C)[C@@H]4C)C(C)=C3C(C)=O. The van der Waals surface area contributed by atoms with Crippen molar-refractivity contribution in [1.29, 1.82) is 0 Å². The van der Waals surface area contributed by atoms with Gasteiger partial charge < -0.3 is 9.97 Å². The second kappa shape index (κ2) is 12.5. The zero-order chi connectivity index (χ0) is 39.3. The number of H-pyrrole nitrogens is 2. The van der Waals surface area contributed by atoms with Crippen LogP contribution in [0.1, 0.15) is 137 Å². The molecule has 3 aromatic rings. The van der Waals surface area contributed by atoms with E-state index >= 15 is 0 Å². The first-order valence-electron chi connectivity index (χ1n) is 17.3. The summed E-state index contributed by atoms with van der Waals surface area (Å²) in [6.45, 7) is 11.7. The molecule has 8 bridgehead atoms. The first-order chi connectivity index (χ1) is 25.2. The van der Waals surface area contributed by atoms with Crippen LogP contribution >= 0.6 is 0 Å². The highest BCUT2D eigenvalue weighted by molar-refractivity contribution is 6.27. The molecule has 0 aliphatic carbocycles. The highest BCUT2D eigenvalue weighted by Gasteiger charge is 2.41. The topological polar surface area (TPSA) is 112 Å². The number of aromatic nitrogens is 4. The van der Waals surface area contributed by atoms with E-state index in [2.05, 4.69) is 9.97 Å². The van der Waals surface area contributed by atoms with Crippen LogP contribution in [0, 0.1) is 6.92 Å². The number of halogens is 6. The molecule has 0 fully saturated rings. The van der Waals surface area contributed by atoms with Gasteiger partial charge in [0.15, 0.2) is 5.78 Å². The van der Waals surface area contributed by atoms with E-state index in [0.717, 1.165) is 11.1 Å². The lowest BCUT2D eigenvalue weighted by atomic mass is 9.89. The Kier molecular flexibility index (Phi) is 8.54. The van der Waals surface area contributed by atoms with Gasteiger partial charge in [-0.05, 0) is 98.4 Å². The Morgan fingerprint density at radius 2 is 1.35 bits per heavy atom. The number of aryl methyl sites for hydroxylation is 1. The number of ketones is 1. The lowest BCUT2D eigenvalue weighted by Gasteiger charge is -2.27. The molecular weight excluding hydrogens is 712 g/mol. The fourth-order valence-corrected chi connectivity index (χ4v) is 7.75. The number of nitrogens with one attached hydrogen (secondary N) is 2. The molecule has 0 saturated carbocycles. The number of hydrogen-bond acceptors (Lipinski definition) is 5. The second-order valence-electron chi connectivity index (χ2n) is 14.2. The Labute approximate surface area is 305 Å². The smallest absolute Gasteiger partial charge is 0.361 e. The largest absolute Gasteiger partial charge is 0.416 e. The number of nitrogens with zero attached hydrogens (tertiary/aromatic N) is 3. The number of hydrogen-bond donors (Lipinski definition) is 2. The van der Waals surface area contributed by atoms with Gasteiger partial charge in [-0.3, -0.25) is 19.3 Å². The lowest BCUT2D eigenvalue weighted by molar-refractivity contribution is -0.143. The molecule has 2 aromatic heterocycles. The Balaban J connectivity index is 1.55. The van der Waals surface area contributed by atoms with Gasteiger partial charge in [0.05, 0.1) is 57.1 Å². The summed E-state index contributed by atoms with van der Waals surface area (Å²) in [6, 6.07) is 6.37. The molecule has 0 saturated heterocycles. The van der Waals surface area contributed by atoms with E-state index in [1.165, 1.54) is 6.92 Å². The van der Waals surface area contributed by atoms with E-state index in [1.807, 2.05) is 27.7 Å². The van der Waals surface area contributed by atoms with Crippen LogP contribution in [0.15, 0.2) is 36.4 Å². The van der Waals surface area contributed by atoms with Crippen molar-refractivity contribution in [2.45, 2.75) is 85.6 Å². The van der Waals surface area contributed by atoms with Crippen molar-refractivity contribution in [1.82, 2.24) is 24.8 Å². The van der Waals surface area contributed by atoms with Crippen molar-refractivity contribution in [3.05, 3.63) is 104 Å². The van der Waals surface area contributed by atoms with Gasteiger partial charge in [0.2, 0.25) is 0 Å². The Morgan fingerprint density at radius 3 is 1.94 bits per heavy atom. The summed E-state index contributed by atoms with van der Waals surface area (Å²) in [5, 5.41) is 0. The molecule has 4 aliphatic heterocycles. The van der Waals surface area contributed by atoms with Crippen molar-refractivity contribution in [3.8, 4) is 0 Å². The number of imide groups is 1. The second-order valence-corrected chi connectivity index (χ2v) is 14.2. The molecule has 0 radical (unpaired) electrons. The first kappa shape index (κ1) is 36.8. The van der Waals surface area contributed by atoms with Gasteiger partial charge in [0.25, 0.3) is 11.8 Å². The van der Waals surface area contributed by atoms with E-state index in [-0.39, 0.29) is 40.3 Å². The van der Waals surface area contributed by atoms with Crippen molar-refractivity contribution in [2.75, 3.05) is 0 Å². The minimum atomic E-state index is -5.12. The van der Waals surface area contributed by atoms with Crippen molar-refractivity contribution in [3.63, 3.8) is 0 Å². The Bertz CT molecular complexity index is 2450. The molecule has 54 heavy (non-hydrogen) atoms. The maximum absolute atomic E-state index is 14.6. The summed E-state index contributed by atoms with van der Waals surface area (Å²) >= 11 is 0. The molecular formula is C40H35F6N5O3. The van der Waals surface area contributed by atoms with Crippen LogP contribution in [-0.4, -0.2) is 42.4 Å². The molecule has 280 valence electrons. The van der Waals surface area contributed by atoms with Crippen LogP contribution in [0.4, 0.5) is 26.3 Å². The number of carbonyl (C=O) groups is 3. The average molecular weight is 748 g/mol. The number of allylic oxidation sites excluding steroid dienone is 4. The van der Waals surface area contributed by atoms with Gasteiger partial charge in [0, 0.05) is 34.3 Å². The number of aromatic amines is 2. The van der Waals surface area contributed by atoms with Crippen LogP contribution < -0.4 is 0 Å². The molecule has 6 heterocycles. The Hall–Kier alpha value is -5.53. The molecule has 2 amide bonds. The third-order valence-electron chi connectivity index (χ3n) is 10.9. The van der Waals surface area contributed by atoms with Crippen molar-refractivity contribution in [2.24, 2.45) is 0 Å². The molecule has 14 heteroatoms. The van der Waals surface area contributed by atoms with Gasteiger partial charge in [-0.1, -0.05) is 20.8 Å². The monoisotopic (exact) mass is 747 g/mol. The average Bonchev–Trinajstić information content (AvgIpc) is 3.76. The summed E-state index contributed by atoms with van der Waals surface area (Å²) in [5.41, 5.74) is 3.53.